The van der Waals surface area contributed by atoms with E-state index < -0.39 is 5.91 Å². The summed E-state index contributed by atoms with van der Waals surface area (Å²) in [7, 11) is 3.39. The summed E-state index contributed by atoms with van der Waals surface area (Å²) < 4.78 is 10.2. The maximum Gasteiger partial charge on any atom is 0.223 e. The summed E-state index contributed by atoms with van der Waals surface area (Å²) in [6, 6.07) is 0. The molecule has 3 nitrogen and oxygen atoms in total. The van der Waals surface area contributed by atoms with Crippen LogP contribution in [0.2, 0.25) is 0 Å². The summed E-state index contributed by atoms with van der Waals surface area (Å²) in [5, 5.41) is 2.88. The molecule has 1 N–H and O–H groups in total. The van der Waals surface area contributed by atoms with Crippen molar-refractivity contribution in [1.82, 2.24) is 5.32 Å². The molecule has 1 atom stereocenters. The van der Waals surface area contributed by atoms with Crippen molar-refractivity contribution in [3.05, 3.63) is 0 Å². The Hall–Kier alpha value is -0.120. The first-order chi connectivity index (χ1) is 4.18. The van der Waals surface area contributed by atoms with Crippen molar-refractivity contribution in [3.63, 3.8) is 0 Å². The smallest absolute Gasteiger partial charge is 0.223 e. The molecule has 0 saturated carbocycles. The molecule has 0 amide bonds. The molecule has 0 radical (unpaired) electrons. The zero-order valence-electron chi connectivity index (χ0n) is 6.52. The monoisotopic (exact) mass is 133 g/mol. The molecule has 0 aliphatic heterocycles. The van der Waals surface area contributed by atoms with Crippen LogP contribution < -0.4 is 5.32 Å². The molecule has 0 fully saturated rings. The van der Waals surface area contributed by atoms with Crippen molar-refractivity contribution < 1.29 is 9.47 Å². The summed E-state index contributed by atoms with van der Waals surface area (Å²) in [6.07, 6.45) is 0. The number of methoxy groups -OCH3 is 1. The van der Waals surface area contributed by atoms with E-state index in [0.29, 0.717) is 6.61 Å². The van der Waals surface area contributed by atoms with Gasteiger partial charge in [0, 0.05) is 20.6 Å². The second kappa shape index (κ2) is 3.82. The molecule has 9 heavy (non-hydrogen) atoms. The van der Waals surface area contributed by atoms with Crippen molar-refractivity contribution in [2.45, 2.75) is 19.8 Å². The lowest BCUT2D eigenvalue weighted by Crippen LogP contribution is -2.44. The maximum absolute atomic E-state index is 5.19. The van der Waals surface area contributed by atoms with E-state index in [4.69, 9.17) is 9.47 Å². The largest absolute Gasteiger partial charge is 0.341 e. The second-order valence-corrected chi connectivity index (χ2v) is 1.83. The summed E-state index contributed by atoms with van der Waals surface area (Å²) in [5.74, 6) is -0.616. The Balaban J connectivity index is 3.62. The van der Waals surface area contributed by atoms with Gasteiger partial charge < -0.3 is 9.47 Å². The SMILES string of the molecule is CCOC(C)(NC)OC. The molecule has 3 heteroatoms. The van der Waals surface area contributed by atoms with Gasteiger partial charge in [0.25, 0.3) is 0 Å². The molecule has 0 aliphatic rings. The molecule has 0 bridgehead atoms. The average Bonchev–Trinajstić information content (AvgIpc) is 1.89. The zero-order chi connectivity index (χ0) is 7.33. The van der Waals surface area contributed by atoms with E-state index in [2.05, 4.69) is 5.32 Å². The highest BCUT2D eigenvalue weighted by Crippen LogP contribution is 2.03. The first-order valence-corrected chi connectivity index (χ1v) is 3.06. The van der Waals surface area contributed by atoms with Crippen LogP contribution in [0, 0.1) is 0 Å². The normalized spacial score (nSPS) is 17.3. The van der Waals surface area contributed by atoms with Gasteiger partial charge in [-0.15, -0.1) is 0 Å². The second-order valence-electron chi connectivity index (χ2n) is 1.83. The summed E-state index contributed by atoms with van der Waals surface area (Å²) >= 11 is 0. The molecule has 0 aromatic carbocycles. The fourth-order valence-electron chi connectivity index (χ4n) is 0.509. The average molecular weight is 133 g/mol. The summed E-state index contributed by atoms with van der Waals surface area (Å²) in [5.41, 5.74) is 0. The molecule has 0 aliphatic carbocycles. The van der Waals surface area contributed by atoms with Crippen LogP contribution in [0.1, 0.15) is 13.8 Å². The fraction of sp³-hybridized carbons (Fsp3) is 1.00. The molecule has 0 aromatic rings. The van der Waals surface area contributed by atoms with Crippen LogP contribution in [0.5, 0.6) is 0 Å². The molecular weight excluding hydrogens is 118 g/mol. The zero-order valence-corrected chi connectivity index (χ0v) is 6.52. The Kier molecular flexibility index (Phi) is 3.77. The Bertz CT molecular complexity index is 71.5. The van der Waals surface area contributed by atoms with Crippen LogP contribution in [0.4, 0.5) is 0 Å². The van der Waals surface area contributed by atoms with Crippen molar-refractivity contribution in [3.8, 4) is 0 Å². The molecule has 0 heterocycles. The van der Waals surface area contributed by atoms with Gasteiger partial charge in [-0.05, 0) is 14.0 Å². The van der Waals surface area contributed by atoms with Crippen LogP contribution in [0.15, 0.2) is 0 Å². The van der Waals surface area contributed by atoms with E-state index in [-0.39, 0.29) is 0 Å². The van der Waals surface area contributed by atoms with Gasteiger partial charge in [-0.2, -0.15) is 0 Å². The molecule has 56 valence electrons. The summed E-state index contributed by atoms with van der Waals surface area (Å²) in [4.78, 5) is 0. The van der Waals surface area contributed by atoms with E-state index in [1.165, 1.54) is 0 Å². The fourth-order valence-corrected chi connectivity index (χ4v) is 0.509. The minimum absolute atomic E-state index is 0.616. The Labute approximate surface area is 56.3 Å². The topological polar surface area (TPSA) is 30.5 Å². The lowest BCUT2D eigenvalue weighted by Gasteiger charge is -2.26. The molecule has 0 aromatic heterocycles. The van der Waals surface area contributed by atoms with Crippen molar-refractivity contribution in [1.29, 1.82) is 0 Å². The molecule has 1 unspecified atom stereocenters. The van der Waals surface area contributed by atoms with E-state index in [1.807, 2.05) is 13.8 Å². The third-order valence-electron chi connectivity index (χ3n) is 1.26. The van der Waals surface area contributed by atoms with Gasteiger partial charge in [0.15, 0.2) is 0 Å². The number of rotatable bonds is 4. The van der Waals surface area contributed by atoms with Gasteiger partial charge in [0.1, 0.15) is 0 Å². The van der Waals surface area contributed by atoms with Crippen LogP contribution >= 0.6 is 0 Å². The minimum atomic E-state index is -0.616. The van der Waals surface area contributed by atoms with Crippen LogP contribution in [-0.4, -0.2) is 26.7 Å². The van der Waals surface area contributed by atoms with Gasteiger partial charge >= 0.3 is 0 Å². The predicted octanol–water partition coefficient (Wildman–Crippen LogP) is 0.562. The number of nitrogens with one attached hydrogen (secondary N) is 1. The first kappa shape index (κ1) is 8.88. The quantitative estimate of drug-likeness (QED) is 0.568. The van der Waals surface area contributed by atoms with Crippen LogP contribution in [0.25, 0.3) is 0 Å². The van der Waals surface area contributed by atoms with E-state index in [1.54, 1.807) is 14.2 Å². The van der Waals surface area contributed by atoms with Crippen LogP contribution in [-0.2, 0) is 9.47 Å². The molecular formula is C6H15NO2. The van der Waals surface area contributed by atoms with Gasteiger partial charge in [-0.3, -0.25) is 5.32 Å². The Morgan fingerprint density at radius 3 is 2.22 bits per heavy atom. The van der Waals surface area contributed by atoms with Gasteiger partial charge in [0.2, 0.25) is 5.91 Å². The van der Waals surface area contributed by atoms with Gasteiger partial charge in [0.05, 0.1) is 0 Å². The minimum Gasteiger partial charge on any atom is -0.341 e. The number of hydrogen-bond acceptors (Lipinski definition) is 3. The third kappa shape index (κ3) is 2.79. The highest BCUT2D eigenvalue weighted by atomic mass is 16.7. The standard InChI is InChI=1S/C6H15NO2/c1-5-9-6(2,7-3)8-4/h7H,5H2,1-4H3. The lowest BCUT2D eigenvalue weighted by atomic mass is 10.5. The van der Waals surface area contributed by atoms with E-state index in [9.17, 15) is 0 Å². The highest BCUT2D eigenvalue weighted by Gasteiger charge is 2.19. The molecule has 0 rings (SSSR count). The molecule has 0 spiro atoms. The lowest BCUT2D eigenvalue weighted by molar-refractivity contribution is -0.224. The van der Waals surface area contributed by atoms with Gasteiger partial charge in [-0.25, -0.2) is 0 Å². The van der Waals surface area contributed by atoms with Crippen molar-refractivity contribution in [2.24, 2.45) is 0 Å². The maximum atomic E-state index is 5.19. The predicted molar refractivity (Wildman–Crippen MR) is 36.1 cm³/mol. The summed E-state index contributed by atoms with van der Waals surface area (Å²) in [6.45, 7) is 4.40. The Morgan fingerprint density at radius 1 is 1.56 bits per heavy atom. The van der Waals surface area contributed by atoms with E-state index >= 15 is 0 Å². The van der Waals surface area contributed by atoms with E-state index in [0.717, 1.165) is 0 Å². The van der Waals surface area contributed by atoms with Gasteiger partial charge in [-0.1, -0.05) is 0 Å². The molecule has 0 saturated heterocycles. The number of ether oxygens (including phenoxy) is 2. The third-order valence-corrected chi connectivity index (χ3v) is 1.26. The highest BCUT2D eigenvalue weighted by molar-refractivity contribution is 4.52. The Morgan fingerprint density at radius 2 is 2.11 bits per heavy atom. The van der Waals surface area contributed by atoms with Crippen molar-refractivity contribution >= 4 is 0 Å². The first-order valence-electron chi connectivity index (χ1n) is 3.06. The van der Waals surface area contributed by atoms with Crippen LogP contribution in [0.3, 0.4) is 0 Å². The number of hydrogen-bond donors (Lipinski definition) is 1. The van der Waals surface area contributed by atoms with Crippen molar-refractivity contribution in [2.75, 3.05) is 20.8 Å².